The number of hydrogen-bond donors (Lipinski definition) is 0. The molecule has 0 bridgehead atoms. The van der Waals surface area contributed by atoms with Crippen LogP contribution in [0.1, 0.15) is 16.8 Å². The Labute approximate surface area is 83.1 Å². The van der Waals surface area contributed by atoms with E-state index in [1.54, 1.807) is 0 Å². The normalized spacial score (nSPS) is 14.6. The van der Waals surface area contributed by atoms with Crippen molar-refractivity contribution in [2.45, 2.75) is 16.1 Å². The molecule has 1 rings (SSSR count). The van der Waals surface area contributed by atoms with Gasteiger partial charge in [-0.1, -0.05) is 27.3 Å². The molecule has 1 unspecified atom stereocenters. The van der Waals surface area contributed by atoms with Crippen molar-refractivity contribution in [3.8, 4) is 0 Å². The van der Waals surface area contributed by atoms with Gasteiger partial charge in [-0.3, -0.25) is 0 Å². The van der Waals surface area contributed by atoms with Gasteiger partial charge in [0.1, 0.15) is 5.01 Å². The highest BCUT2D eigenvalue weighted by Crippen LogP contribution is 2.26. The summed E-state index contributed by atoms with van der Waals surface area (Å²) in [5.41, 5.74) is 0. The number of hydrogen-bond acceptors (Lipinski definition) is 5. The maximum atomic E-state index is 11.0. The van der Waals surface area contributed by atoms with Crippen molar-refractivity contribution in [2.75, 3.05) is 6.26 Å². The number of rotatable bonds is 2. The van der Waals surface area contributed by atoms with Gasteiger partial charge in [0.2, 0.25) is 14.2 Å². The number of halogens is 1. The summed E-state index contributed by atoms with van der Waals surface area (Å²) in [5.74, 6) is 0. The Kier molecular flexibility index (Phi) is 2.84. The number of aromatic nitrogens is 2. The molecule has 1 aromatic rings. The SMILES string of the molecule is CC(Br)c1nnc(S(C)(=O)=O)s1. The fourth-order valence-electron chi connectivity index (χ4n) is 0.531. The number of nitrogens with zero attached hydrogens (tertiary/aromatic N) is 2. The van der Waals surface area contributed by atoms with Gasteiger partial charge in [-0.15, -0.1) is 10.2 Å². The second-order valence-corrected chi connectivity index (χ2v) is 6.87. The van der Waals surface area contributed by atoms with E-state index in [0.717, 1.165) is 17.6 Å². The monoisotopic (exact) mass is 270 g/mol. The molecular formula is C5H7BrN2O2S2. The van der Waals surface area contributed by atoms with Gasteiger partial charge in [0.25, 0.3) is 0 Å². The van der Waals surface area contributed by atoms with E-state index in [0.29, 0.717) is 5.01 Å². The maximum absolute atomic E-state index is 11.0. The molecule has 1 heterocycles. The highest BCUT2D eigenvalue weighted by molar-refractivity contribution is 9.09. The van der Waals surface area contributed by atoms with E-state index in [-0.39, 0.29) is 9.17 Å². The van der Waals surface area contributed by atoms with Gasteiger partial charge >= 0.3 is 0 Å². The lowest BCUT2D eigenvalue weighted by atomic mass is 10.5. The Hall–Kier alpha value is -0.0100. The van der Waals surface area contributed by atoms with Gasteiger partial charge in [0, 0.05) is 6.26 Å². The minimum atomic E-state index is -3.19. The highest BCUT2D eigenvalue weighted by Gasteiger charge is 2.16. The lowest BCUT2D eigenvalue weighted by molar-refractivity contribution is 0.600. The molecule has 1 atom stereocenters. The summed E-state index contributed by atoms with van der Waals surface area (Å²) in [6.07, 6.45) is 1.12. The van der Waals surface area contributed by atoms with Crippen molar-refractivity contribution < 1.29 is 8.42 Å². The fraction of sp³-hybridized carbons (Fsp3) is 0.600. The van der Waals surface area contributed by atoms with Crippen LogP contribution in [-0.4, -0.2) is 24.9 Å². The Morgan fingerprint density at radius 2 is 2.08 bits per heavy atom. The smallest absolute Gasteiger partial charge is 0.221 e. The van der Waals surface area contributed by atoms with E-state index in [4.69, 9.17) is 0 Å². The van der Waals surface area contributed by atoms with Crippen LogP contribution in [0.25, 0.3) is 0 Å². The first-order valence-electron chi connectivity index (χ1n) is 3.09. The number of alkyl halides is 1. The molecule has 0 aromatic carbocycles. The van der Waals surface area contributed by atoms with Crippen molar-refractivity contribution in [2.24, 2.45) is 0 Å². The molecule has 0 amide bonds. The van der Waals surface area contributed by atoms with Crippen molar-refractivity contribution in [3.63, 3.8) is 0 Å². The van der Waals surface area contributed by atoms with Gasteiger partial charge in [0.05, 0.1) is 4.83 Å². The van der Waals surface area contributed by atoms with E-state index >= 15 is 0 Å². The van der Waals surface area contributed by atoms with Crippen molar-refractivity contribution in [3.05, 3.63) is 5.01 Å². The van der Waals surface area contributed by atoms with Crippen LogP contribution in [0.5, 0.6) is 0 Å². The average molecular weight is 271 g/mol. The van der Waals surface area contributed by atoms with E-state index in [9.17, 15) is 8.42 Å². The molecule has 4 nitrogen and oxygen atoms in total. The zero-order valence-corrected chi connectivity index (χ0v) is 9.70. The summed E-state index contributed by atoms with van der Waals surface area (Å²) in [6, 6.07) is 0. The molecular weight excluding hydrogens is 264 g/mol. The maximum Gasteiger partial charge on any atom is 0.232 e. The minimum Gasteiger partial charge on any atom is -0.221 e. The summed E-state index contributed by atoms with van der Waals surface area (Å²) < 4.78 is 22.0. The quantitative estimate of drug-likeness (QED) is 0.763. The lowest BCUT2D eigenvalue weighted by Gasteiger charge is -1.91. The van der Waals surface area contributed by atoms with Gasteiger partial charge < -0.3 is 0 Å². The predicted octanol–water partition coefficient (Wildman–Crippen LogP) is 1.40. The van der Waals surface area contributed by atoms with E-state index < -0.39 is 9.84 Å². The van der Waals surface area contributed by atoms with Gasteiger partial charge in [-0.2, -0.15) is 0 Å². The Morgan fingerprint density at radius 3 is 2.33 bits per heavy atom. The van der Waals surface area contributed by atoms with E-state index in [1.165, 1.54) is 0 Å². The van der Waals surface area contributed by atoms with Crippen LogP contribution in [0.3, 0.4) is 0 Å². The summed E-state index contributed by atoms with van der Waals surface area (Å²) in [5, 5.41) is 7.96. The third kappa shape index (κ3) is 2.24. The number of sulfone groups is 1. The summed E-state index contributed by atoms with van der Waals surface area (Å²) in [6.45, 7) is 1.87. The molecule has 7 heteroatoms. The fourth-order valence-corrected chi connectivity index (χ4v) is 2.46. The van der Waals surface area contributed by atoms with Gasteiger partial charge in [-0.05, 0) is 6.92 Å². The first-order valence-corrected chi connectivity index (χ1v) is 6.71. The second-order valence-electron chi connectivity index (χ2n) is 2.29. The molecule has 12 heavy (non-hydrogen) atoms. The topological polar surface area (TPSA) is 59.9 Å². The average Bonchev–Trinajstić information content (AvgIpc) is 2.30. The second kappa shape index (κ2) is 3.39. The first-order chi connectivity index (χ1) is 5.41. The van der Waals surface area contributed by atoms with Gasteiger partial charge in [0.15, 0.2) is 0 Å². The summed E-state index contributed by atoms with van der Waals surface area (Å²) >= 11 is 4.37. The standard InChI is InChI=1S/C5H7BrN2O2S2/c1-3(6)4-7-8-5(11-4)12(2,9)10/h3H,1-2H3. The summed E-state index contributed by atoms with van der Waals surface area (Å²) in [4.78, 5) is 0.0468. The van der Waals surface area contributed by atoms with Crippen LogP contribution in [-0.2, 0) is 9.84 Å². The lowest BCUT2D eigenvalue weighted by Crippen LogP contribution is -1.95. The molecule has 0 aliphatic rings. The molecule has 0 aliphatic carbocycles. The molecule has 0 aliphatic heterocycles. The van der Waals surface area contributed by atoms with Crippen LogP contribution in [0.4, 0.5) is 0 Å². The Morgan fingerprint density at radius 1 is 1.50 bits per heavy atom. The molecule has 0 fully saturated rings. The van der Waals surface area contributed by atoms with Crippen molar-refractivity contribution in [1.29, 1.82) is 0 Å². The van der Waals surface area contributed by atoms with E-state index in [2.05, 4.69) is 26.1 Å². The minimum absolute atomic E-state index is 0.0468. The van der Waals surface area contributed by atoms with Crippen LogP contribution in [0, 0.1) is 0 Å². The first kappa shape index (κ1) is 10.1. The third-order valence-corrected chi connectivity index (χ3v) is 4.59. The van der Waals surface area contributed by atoms with Crippen LogP contribution in [0.15, 0.2) is 4.34 Å². The molecule has 0 radical (unpaired) electrons. The largest absolute Gasteiger partial charge is 0.232 e. The Balaban J connectivity index is 3.09. The van der Waals surface area contributed by atoms with Crippen molar-refractivity contribution in [1.82, 2.24) is 10.2 Å². The van der Waals surface area contributed by atoms with E-state index in [1.807, 2.05) is 6.92 Å². The molecule has 0 spiro atoms. The third-order valence-electron chi connectivity index (χ3n) is 1.08. The van der Waals surface area contributed by atoms with Crippen LogP contribution in [0.2, 0.25) is 0 Å². The molecule has 0 N–H and O–H groups in total. The molecule has 0 saturated carbocycles. The highest BCUT2D eigenvalue weighted by atomic mass is 79.9. The zero-order valence-electron chi connectivity index (χ0n) is 6.48. The van der Waals surface area contributed by atoms with Crippen LogP contribution < -0.4 is 0 Å². The van der Waals surface area contributed by atoms with Gasteiger partial charge in [-0.25, -0.2) is 8.42 Å². The zero-order chi connectivity index (χ0) is 9.35. The Bertz CT molecular complexity index is 371. The van der Waals surface area contributed by atoms with Crippen LogP contribution >= 0.6 is 27.3 Å². The molecule has 68 valence electrons. The molecule has 1 aromatic heterocycles. The van der Waals surface area contributed by atoms with Crippen molar-refractivity contribution >= 4 is 37.1 Å². The summed E-state index contributed by atoms with van der Waals surface area (Å²) in [7, 11) is -3.19. The molecule has 0 saturated heterocycles. The predicted molar refractivity (Wildman–Crippen MR) is 50.4 cm³/mol.